The Labute approximate surface area is 340 Å². The van der Waals surface area contributed by atoms with Gasteiger partial charge in [0.1, 0.15) is 22.5 Å². The number of ether oxygens (including phenoxy) is 2. The topological polar surface area (TPSA) is 127 Å². The number of benzene rings is 2. The maximum Gasteiger partial charge on any atom is 0.334 e. The Morgan fingerprint density at radius 2 is 1.57 bits per heavy atom. The summed E-state index contributed by atoms with van der Waals surface area (Å²) in [5.41, 5.74) is -0.392. The Kier molecular flexibility index (Phi) is 11.5. The highest BCUT2D eigenvalue weighted by molar-refractivity contribution is 8.35. The zero-order valence-corrected chi connectivity index (χ0v) is 34.2. The molecule has 2 amide bonds. The largest absolute Gasteiger partial charge is 0.459 e. The van der Waals surface area contributed by atoms with Crippen LogP contribution in [0.3, 0.4) is 0 Å². The van der Waals surface area contributed by atoms with Gasteiger partial charge in [-0.15, -0.1) is 34.0 Å². The normalized spacial score (nSPS) is 15.9. The second-order valence-electron chi connectivity index (χ2n) is 11.6. The molecule has 1 aliphatic heterocycles. The van der Waals surface area contributed by atoms with Crippen LogP contribution < -0.4 is 5.32 Å². The molecule has 0 saturated carbocycles. The van der Waals surface area contributed by atoms with Gasteiger partial charge in [0.15, 0.2) is 10.1 Å². The minimum absolute atomic E-state index is 0.00978. The van der Waals surface area contributed by atoms with E-state index in [0.717, 1.165) is 25.9 Å². The third kappa shape index (κ3) is 7.09. The van der Waals surface area contributed by atoms with Gasteiger partial charge in [-0.3, -0.25) is 24.1 Å². The van der Waals surface area contributed by atoms with E-state index < -0.39 is 23.3 Å². The van der Waals surface area contributed by atoms with Crippen molar-refractivity contribution in [3.05, 3.63) is 94.0 Å². The molecule has 0 bridgehead atoms. The highest BCUT2D eigenvalue weighted by Crippen LogP contribution is 2.57. The summed E-state index contributed by atoms with van der Waals surface area (Å²) in [6.07, 6.45) is 1.65. The van der Waals surface area contributed by atoms with Gasteiger partial charge in [0.05, 0.1) is 19.8 Å². The third-order valence-corrected chi connectivity index (χ3v) is 14.3. The van der Waals surface area contributed by atoms with Crippen LogP contribution in [0.15, 0.2) is 82.4 Å². The smallest absolute Gasteiger partial charge is 0.334 e. The fourth-order valence-corrected chi connectivity index (χ4v) is 12.1. The number of amides is 2. The fourth-order valence-electron chi connectivity index (χ4n) is 5.88. The summed E-state index contributed by atoms with van der Waals surface area (Å²) in [5.74, 6) is -2.52. The molecule has 0 radical (unpaired) electrons. The molecule has 1 N–H and O–H groups in total. The van der Waals surface area contributed by atoms with Crippen molar-refractivity contribution in [1.29, 1.82) is 0 Å². The zero-order chi connectivity index (χ0) is 38.0. The van der Waals surface area contributed by atoms with Gasteiger partial charge < -0.3 is 14.8 Å². The minimum atomic E-state index is -2.20. The molecule has 5 aromatic rings. The summed E-state index contributed by atoms with van der Waals surface area (Å²) in [5, 5.41) is 3.62. The van der Waals surface area contributed by atoms with E-state index in [4.69, 9.17) is 38.9 Å². The second kappa shape index (κ2) is 16.3. The molecule has 3 aromatic heterocycles. The van der Waals surface area contributed by atoms with E-state index in [0.29, 0.717) is 53.7 Å². The van der Waals surface area contributed by atoms with Crippen molar-refractivity contribution in [1.82, 2.24) is 10.2 Å². The summed E-state index contributed by atoms with van der Waals surface area (Å²) < 4.78 is 17.0. The van der Waals surface area contributed by atoms with Gasteiger partial charge in [-0.25, -0.2) is 9.98 Å². The number of thiocarbonyl (C=S) groups is 2. The van der Waals surface area contributed by atoms with Gasteiger partial charge in [-0.2, -0.15) is 0 Å². The number of fused-ring (bicyclic) bond motifs is 5. The monoisotopic (exact) mass is 848 g/mol. The molecular formula is C37H28N4O6S7. The maximum atomic E-state index is 14.8. The standard InChI is InChI=1S/C37H28N4O6S7/c1-3-38-30(42)31(50-19-48)39-24-15-22-26(28-29(51-22)27-23(52-28)16-25(53-27)40-32-33(43)41(4-2)36(49)54-32)37(24,34(44)46-17-20-11-7-5-8-12-20)35(45)47-18-21-13-9-6-10-14-21/h5-16,19H,3-4,17-18H2,1-2H3,(H,38,42). The first-order valence-electron chi connectivity index (χ1n) is 16.4. The van der Waals surface area contributed by atoms with Crippen LogP contribution in [0.25, 0.3) is 24.9 Å². The highest BCUT2D eigenvalue weighted by atomic mass is 32.2. The highest BCUT2D eigenvalue weighted by Gasteiger charge is 2.60. The molecule has 1 fully saturated rings. The van der Waals surface area contributed by atoms with Crippen molar-refractivity contribution < 1.29 is 28.7 Å². The molecule has 2 aromatic carbocycles. The number of nitrogens with one attached hydrogen (secondary N) is 1. The van der Waals surface area contributed by atoms with Crippen LogP contribution in [0.2, 0.25) is 0 Å². The molecule has 10 nitrogen and oxygen atoms in total. The predicted molar refractivity (Wildman–Crippen MR) is 229 cm³/mol. The second-order valence-corrected chi connectivity index (χ2v) is 17.8. The summed E-state index contributed by atoms with van der Waals surface area (Å²) in [7, 11) is 0. The predicted octanol–water partition coefficient (Wildman–Crippen LogP) is 8.39. The van der Waals surface area contributed by atoms with Gasteiger partial charge in [-0.1, -0.05) is 96.9 Å². The van der Waals surface area contributed by atoms with E-state index in [1.807, 2.05) is 73.7 Å². The molecule has 2 aliphatic rings. The summed E-state index contributed by atoms with van der Waals surface area (Å²) in [6.45, 7) is 4.17. The van der Waals surface area contributed by atoms with Crippen LogP contribution in [0.1, 0.15) is 35.4 Å². The molecule has 0 unspecified atom stereocenters. The number of rotatable bonds is 11. The number of thioether (sulfide) groups is 2. The molecule has 54 heavy (non-hydrogen) atoms. The van der Waals surface area contributed by atoms with Crippen molar-refractivity contribution in [3.63, 3.8) is 0 Å². The number of esters is 2. The van der Waals surface area contributed by atoms with Crippen LogP contribution in [-0.4, -0.2) is 60.8 Å². The lowest BCUT2D eigenvalue weighted by Gasteiger charge is -2.27. The van der Waals surface area contributed by atoms with Crippen molar-refractivity contribution in [3.8, 4) is 0 Å². The van der Waals surface area contributed by atoms with E-state index in [-0.39, 0.29) is 29.9 Å². The van der Waals surface area contributed by atoms with E-state index in [2.05, 4.69) is 10.3 Å². The van der Waals surface area contributed by atoms with Gasteiger partial charge in [0, 0.05) is 32.9 Å². The molecule has 17 heteroatoms. The van der Waals surface area contributed by atoms with Crippen molar-refractivity contribution in [2.45, 2.75) is 32.5 Å². The summed E-state index contributed by atoms with van der Waals surface area (Å²) >= 11 is 16.7. The Bertz CT molecular complexity index is 2380. The van der Waals surface area contributed by atoms with Crippen LogP contribution in [0, 0.1) is 0 Å². The molecular weight excluding hydrogens is 821 g/mol. The molecule has 1 saturated heterocycles. The Balaban J connectivity index is 1.39. The first kappa shape index (κ1) is 38.2. The molecule has 1 aliphatic carbocycles. The van der Waals surface area contributed by atoms with Gasteiger partial charge in [0.25, 0.3) is 11.8 Å². The number of hydrogen-bond acceptors (Lipinski definition) is 15. The molecule has 274 valence electrons. The lowest BCUT2D eigenvalue weighted by atomic mass is 9.81. The number of carbonyl (C=O) groups is 4. The van der Waals surface area contributed by atoms with Gasteiger partial charge in [-0.05, 0) is 48.9 Å². The van der Waals surface area contributed by atoms with Crippen LogP contribution >= 0.6 is 82.0 Å². The quantitative estimate of drug-likeness (QED) is 0.0456. The van der Waals surface area contributed by atoms with Crippen LogP contribution in [0.4, 0.5) is 5.00 Å². The van der Waals surface area contributed by atoms with Crippen LogP contribution in [0.5, 0.6) is 0 Å². The van der Waals surface area contributed by atoms with Crippen molar-refractivity contribution >= 4 is 155 Å². The number of thiophene rings is 3. The Morgan fingerprint density at radius 3 is 2.15 bits per heavy atom. The molecule has 0 atom stereocenters. The number of aliphatic imine (C=N–C) groups is 2. The average Bonchev–Trinajstić information content (AvgIpc) is 3.95. The van der Waals surface area contributed by atoms with E-state index in [9.17, 15) is 19.2 Å². The van der Waals surface area contributed by atoms with Crippen molar-refractivity contribution in [2.75, 3.05) is 13.1 Å². The Hall–Kier alpha value is -4.10. The maximum absolute atomic E-state index is 14.8. The van der Waals surface area contributed by atoms with E-state index in [1.165, 1.54) is 55.4 Å². The SMILES string of the molecule is CCNC(=O)C(=NC1=Cc2sc3c(sc4cc(N=C5SC(=S)N(CC)C5=O)sc43)c2C1(C(=O)OCc1ccccc1)C(=O)OCc1ccccc1)SC=S. The number of nitrogens with zero attached hydrogens (tertiary/aromatic N) is 3. The lowest BCUT2D eigenvalue weighted by Crippen LogP contribution is -2.46. The fraction of sp³-hybridized carbons (Fsp3) is 0.189. The first-order chi connectivity index (χ1) is 26.2. The van der Waals surface area contributed by atoms with Gasteiger partial charge >= 0.3 is 11.9 Å². The summed E-state index contributed by atoms with van der Waals surface area (Å²) in [6, 6.07) is 20.1. The first-order valence-corrected chi connectivity index (χ1v) is 21.4. The van der Waals surface area contributed by atoms with E-state index in [1.54, 1.807) is 13.0 Å². The lowest BCUT2D eigenvalue weighted by molar-refractivity contribution is -0.164. The average molecular weight is 849 g/mol. The minimum Gasteiger partial charge on any atom is -0.459 e. The van der Waals surface area contributed by atoms with E-state index >= 15 is 0 Å². The number of hydrogen-bond donors (Lipinski definition) is 1. The molecule has 7 rings (SSSR count). The number of carbonyl (C=O) groups excluding carboxylic acids is 4. The third-order valence-electron chi connectivity index (χ3n) is 8.33. The zero-order valence-electron chi connectivity index (χ0n) is 28.5. The van der Waals surface area contributed by atoms with Crippen molar-refractivity contribution in [2.24, 2.45) is 9.98 Å². The molecule has 4 heterocycles. The van der Waals surface area contributed by atoms with Gasteiger partial charge in [0.2, 0.25) is 5.41 Å². The molecule has 0 spiro atoms. The summed E-state index contributed by atoms with van der Waals surface area (Å²) in [4.78, 5) is 67.2. The van der Waals surface area contributed by atoms with Crippen LogP contribution in [-0.2, 0) is 47.3 Å². The Morgan fingerprint density at radius 1 is 0.926 bits per heavy atom.